The summed E-state index contributed by atoms with van der Waals surface area (Å²) in [6, 6.07) is 0. The van der Waals surface area contributed by atoms with Crippen molar-refractivity contribution in [1.82, 2.24) is 0 Å². The van der Waals surface area contributed by atoms with Crippen LogP contribution in [0.3, 0.4) is 0 Å². The third kappa shape index (κ3) is 22.8. The molecule has 0 aromatic carbocycles. The zero-order chi connectivity index (χ0) is 23.9. The summed E-state index contributed by atoms with van der Waals surface area (Å²) in [7, 11) is 0. The monoisotopic (exact) mass is 456 g/mol. The van der Waals surface area contributed by atoms with Crippen LogP contribution in [0.1, 0.15) is 110 Å². The molecule has 0 rings (SSSR count). The summed E-state index contributed by atoms with van der Waals surface area (Å²) in [5.41, 5.74) is 0. The number of esters is 2. The van der Waals surface area contributed by atoms with Gasteiger partial charge in [0.05, 0.1) is 12.8 Å². The molecule has 1 atom stereocenters. The Morgan fingerprint density at radius 2 is 1.16 bits per heavy atom. The fourth-order valence-electron chi connectivity index (χ4n) is 3.12. The molecule has 0 heterocycles. The first-order valence-electron chi connectivity index (χ1n) is 12.3. The fourth-order valence-corrected chi connectivity index (χ4v) is 3.12. The molecule has 186 valence electrons. The van der Waals surface area contributed by atoms with Crippen LogP contribution in [0.5, 0.6) is 0 Å². The number of carbonyl (C=O) groups excluding carboxylic acids is 2. The Bertz CT molecular complexity index is 516. The topological polar surface area (TPSA) is 110 Å². The zero-order valence-electron chi connectivity index (χ0n) is 19.9. The van der Waals surface area contributed by atoms with E-state index >= 15 is 0 Å². The van der Waals surface area contributed by atoms with E-state index in [-0.39, 0.29) is 32.0 Å². The summed E-state index contributed by atoms with van der Waals surface area (Å²) < 4.78 is 9.70. The van der Waals surface area contributed by atoms with Gasteiger partial charge in [-0.25, -0.2) is 0 Å². The maximum atomic E-state index is 11.7. The van der Waals surface area contributed by atoms with Gasteiger partial charge < -0.3 is 19.7 Å². The first-order chi connectivity index (χ1) is 15.5. The van der Waals surface area contributed by atoms with Gasteiger partial charge in [0, 0.05) is 6.42 Å². The molecule has 2 N–H and O–H groups in total. The van der Waals surface area contributed by atoms with Gasteiger partial charge in [-0.2, -0.15) is 0 Å². The van der Waals surface area contributed by atoms with Crippen LogP contribution in [0.15, 0.2) is 12.2 Å². The van der Waals surface area contributed by atoms with Crippen molar-refractivity contribution in [3.63, 3.8) is 0 Å². The molecule has 0 aliphatic rings. The zero-order valence-corrected chi connectivity index (χ0v) is 19.9. The van der Waals surface area contributed by atoms with Crippen LogP contribution >= 0.6 is 0 Å². The number of aliphatic hydroxyl groups excluding tert-OH is 1. The van der Waals surface area contributed by atoms with Gasteiger partial charge in [0.1, 0.15) is 19.3 Å². The van der Waals surface area contributed by atoms with E-state index in [0.29, 0.717) is 6.42 Å². The van der Waals surface area contributed by atoms with Gasteiger partial charge in [-0.05, 0) is 32.1 Å². The van der Waals surface area contributed by atoms with Crippen molar-refractivity contribution in [2.45, 2.75) is 116 Å². The van der Waals surface area contributed by atoms with Crippen LogP contribution in [-0.4, -0.2) is 47.4 Å². The largest absolute Gasteiger partial charge is 0.481 e. The van der Waals surface area contributed by atoms with Crippen LogP contribution in [-0.2, 0) is 23.9 Å². The maximum absolute atomic E-state index is 11.7. The normalized spacial score (nSPS) is 12.1. The van der Waals surface area contributed by atoms with E-state index in [2.05, 4.69) is 19.1 Å². The van der Waals surface area contributed by atoms with Crippen molar-refractivity contribution < 1.29 is 34.1 Å². The second-order valence-corrected chi connectivity index (χ2v) is 8.25. The molecule has 0 aliphatic heterocycles. The van der Waals surface area contributed by atoms with Crippen molar-refractivity contribution in [1.29, 1.82) is 0 Å². The molecule has 0 spiro atoms. The first kappa shape index (κ1) is 30.1. The molecule has 0 amide bonds. The van der Waals surface area contributed by atoms with E-state index in [1.807, 2.05) is 0 Å². The van der Waals surface area contributed by atoms with Crippen LogP contribution in [0.2, 0.25) is 0 Å². The number of allylic oxidation sites excluding steroid dienone is 2. The minimum Gasteiger partial charge on any atom is -0.481 e. The Morgan fingerprint density at radius 1 is 0.688 bits per heavy atom. The second kappa shape index (κ2) is 22.3. The Labute approximate surface area is 193 Å². The van der Waals surface area contributed by atoms with Crippen LogP contribution in [0, 0.1) is 0 Å². The number of hydrogen-bond acceptors (Lipinski definition) is 6. The van der Waals surface area contributed by atoms with Crippen LogP contribution < -0.4 is 0 Å². The lowest BCUT2D eigenvalue weighted by Gasteiger charge is -2.11. The highest BCUT2D eigenvalue weighted by Crippen LogP contribution is 2.10. The van der Waals surface area contributed by atoms with Crippen molar-refractivity contribution in [2.75, 3.05) is 13.2 Å². The number of ether oxygens (including phenoxy) is 2. The van der Waals surface area contributed by atoms with Crippen molar-refractivity contribution >= 4 is 17.9 Å². The van der Waals surface area contributed by atoms with Gasteiger partial charge in [-0.1, -0.05) is 70.4 Å². The van der Waals surface area contributed by atoms with Crippen LogP contribution in [0.25, 0.3) is 0 Å². The summed E-state index contributed by atoms with van der Waals surface area (Å²) in [5, 5.41) is 18.1. The lowest BCUT2D eigenvalue weighted by atomic mass is 10.1. The molecule has 0 aromatic heterocycles. The standard InChI is InChI=1S/C25H44O7/c1-2-3-4-5-6-7-8-9-10-11-12-13-14-15-16-17-24(29)31-20-22(26)21-32-25(30)19-18-23(27)28/h9-10,22,26H,2-8,11-21H2,1H3,(H,27,28)/b10-9+. The molecule has 0 fully saturated rings. The quantitative estimate of drug-likeness (QED) is 0.129. The van der Waals surface area contributed by atoms with Gasteiger partial charge in [0.15, 0.2) is 0 Å². The van der Waals surface area contributed by atoms with Crippen molar-refractivity contribution in [2.24, 2.45) is 0 Å². The number of carboxylic acids is 1. The molecule has 0 bridgehead atoms. The molecule has 0 saturated heterocycles. The summed E-state index contributed by atoms with van der Waals surface area (Å²) >= 11 is 0. The van der Waals surface area contributed by atoms with E-state index in [0.717, 1.165) is 32.1 Å². The SMILES string of the molecule is CCCCCCCC/C=C/CCCCCCCC(=O)OCC(O)COC(=O)CCC(=O)O. The van der Waals surface area contributed by atoms with E-state index in [9.17, 15) is 19.5 Å². The highest BCUT2D eigenvalue weighted by Gasteiger charge is 2.12. The average molecular weight is 457 g/mol. The van der Waals surface area contributed by atoms with Gasteiger partial charge in [-0.15, -0.1) is 0 Å². The van der Waals surface area contributed by atoms with Gasteiger partial charge >= 0.3 is 17.9 Å². The van der Waals surface area contributed by atoms with Gasteiger partial charge in [-0.3, -0.25) is 14.4 Å². The molecular formula is C25H44O7. The number of hydrogen-bond donors (Lipinski definition) is 2. The molecule has 7 nitrogen and oxygen atoms in total. The molecular weight excluding hydrogens is 412 g/mol. The Kier molecular flexibility index (Phi) is 21.0. The number of aliphatic carboxylic acids is 1. The summed E-state index contributed by atoms with van der Waals surface area (Å²) in [4.78, 5) is 33.3. The fraction of sp³-hybridized carbons (Fsp3) is 0.800. The summed E-state index contributed by atoms with van der Waals surface area (Å²) in [6.45, 7) is 1.68. The minimum absolute atomic E-state index is 0.240. The molecule has 0 aromatic rings. The number of aliphatic hydroxyl groups is 1. The number of unbranched alkanes of at least 4 members (excludes halogenated alkanes) is 11. The van der Waals surface area contributed by atoms with Crippen LogP contribution in [0.4, 0.5) is 0 Å². The average Bonchev–Trinajstić information content (AvgIpc) is 2.77. The molecule has 0 saturated carbocycles. The van der Waals surface area contributed by atoms with E-state index in [4.69, 9.17) is 14.6 Å². The Hall–Kier alpha value is -1.89. The van der Waals surface area contributed by atoms with Crippen molar-refractivity contribution in [3.8, 4) is 0 Å². The predicted molar refractivity (Wildman–Crippen MR) is 124 cm³/mol. The number of carbonyl (C=O) groups is 3. The Morgan fingerprint density at radius 3 is 1.69 bits per heavy atom. The highest BCUT2D eigenvalue weighted by atomic mass is 16.6. The summed E-state index contributed by atoms with van der Waals surface area (Å²) in [6.07, 6.45) is 18.7. The smallest absolute Gasteiger partial charge is 0.306 e. The second-order valence-electron chi connectivity index (χ2n) is 8.25. The third-order valence-corrected chi connectivity index (χ3v) is 5.06. The number of rotatable bonds is 22. The molecule has 7 heteroatoms. The molecule has 1 unspecified atom stereocenters. The molecule has 0 radical (unpaired) electrons. The predicted octanol–water partition coefficient (Wildman–Crippen LogP) is 5.34. The molecule has 0 aliphatic carbocycles. The highest BCUT2D eigenvalue weighted by molar-refractivity contribution is 5.76. The lowest BCUT2D eigenvalue weighted by Crippen LogP contribution is -2.25. The van der Waals surface area contributed by atoms with Gasteiger partial charge in [0.25, 0.3) is 0 Å². The Balaban J connectivity index is 3.44. The third-order valence-electron chi connectivity index (χ3n) is 5.06. The van der Waals surface area contributed by atoms with E-state index < -0.39 is 18.0 Å². The number of carboxylic acid groups (broad SMARTS) is 1. The van der Waals surface area contributed by atoms with Crippen molar-refractivity contribution in [3.05, 3.63) is 12.2 Å². The first-order valence-corrected chi connectivity index (χ1v) is 12.3. The lowest BCUT2D eigenvalue weighted by molar-refractivity contribution is -0.154. The van der Waals surface area contributed by atoms with Gasteiger partial charge in [0.2, 0.25) is 0 Å². The van der Waals surface area contributed by atoms with E-state index in [1.165, 1.54) is 51.4 Å². The summed E-state index contributed by atoms with van der Waals surface area (Å²) in [5.74, 6) is -2.17. The maximum Gasteiger partial charge on any atom is 0.306 e. The minimum atomic E-state index is -1.11. The van der Waals surface area contributed by atoms with E-state index in [1.54, 1.807) is 0 Å². The molecule has 32 heavy (non-hydrogen) atoms.